The monoisotopic (exact) mass is 307 g/mol. The van der Waals surface area contributed by atoms with Crippen LogP contribution in [0.3, 0.4) is 0 Å². The summed E-state index contributed by atoms with van der Waals surface area (Å²) in [7, 11) is 1.87. The lowest BCUT2D eigenvalue weighted by Gasteiger charge is -2.06. The van der Waals surface area contributed by atoms with Gasteiger partial charge in [-0.25, -0.2) is 0 Å². The molecular weight excluding hydrogens is 290 g/mol. The molecule has 2 aromatic carbocycles. The molecule has 0 aliphatic heterocycles. The quantitative estimate of drug-likeness (QED) is 0.759. The fourth-order valence-electron chi connectivity index (χ4n) is 2.27. The van der Waals surface area contributed by atoms with Gasteiger partial charge in [0.1, 0.15) is 5.56 Å². The number of amides is 1. The highest BCUT2D eigenvalue weighted by Gasteiger charge is 2.17. The number of nitrogens with one attached hydrogen (secondary N) is 2. The van der Waals surface area contributed by atoms with Crippen LogP contribution in [0.4, 0.5) is 5.69 Å². The standard InChI is InChI=1S/C18H17N3O2/c1-19-15-9-7-13(8-10-15)11-20-18(22)16-12-21-23-17(16)14-5-3-2-4-6-14/h2-10,12,19H,11H2,1H3,(H,20,22). The van der Waals surface area contributed by atoms with Crippen LogP contribution < -0.4 is 10.6 Å². The fourth-order valence-corrected chi connectivity index (χ4v) is 2.27. The van der Waals surface area contributed by atoms with Crippen molar-refractivity contribution < 1.29 is 9.32 Å². The fraction of sp³-hybridized carbons (Fsp3) is 0.111. The van der Waals surface area contributed by atoms with Crippen molar-refractivity contribution in [3.8, 4) is 11.3 Å². The molecule has 0 aliphatic carbocycles. The van der Waals surface area contributed by atoms with Gasteiger partial charge in [0.2, 0.25) is 0 Å². The van der Waals surface area contributed by atoms with E-state index < -0.39 is 0 Å². The molecule has 1 aromatic heterocycles. The van der Waals surface area contributed by atoms with E-state index in [2.05, 4.69) is 15.8 Å². The summed E-state index contributed by atoms with van der Waals surface area (Å²) < 4.78 is 5.24. The third kappa shape index (κ3) is 3.40. The Labute approximate surface area is 134 Å². The first kappa shape index (κ1) is 14.8. The van der Waals surface area contributed by atoms with Gasteiger partial charge in [-0.2, -0.15) is 0 Å². The molecule has 5 heteroatoms. The van der Waals surface area contributed by atoms with Gasteiger partial charge in [0.15, 0.2) is 5.76 Å². The lowest BCUT2D eigenvalue weighted by molar-refractivity contribution is 0.0951. The van der Waals surface area contributed by atoms with E-state index in [0.717, 1.165) is 16.8 Å². The molecule has 0 saturated carbocycles. The first-order chi connectivity index (χ1) is 11.3. The highest BCUT2D eigenvalue weighted by Crippen LogP contribution is 2.23. The van der Waals surface area contributed by atoms with Crippen LogP contribution in [0.2, 0.25) is 0 Å². The van der Waals surface area contributed by atoms with Gasteiger partial charge in [-0.1, -0.05) is 47.6 Å². The van der Waals surface area contributed by atoms with Crippen molar-refractivity contribution in [2.24, 2.45) is 0 Å². The average Bonchev–Trinajstić information content (AvgIpc) is 3.11. The summed E-state index contributed by atoms with van der Waals surface area (Å²) in [5.41, 5.74) is 3.32. The van der Waals surface area contributed by atoms with Gasteiger partial charge in [-0.05, 0) is 17.7 Å². The van der Waals surface area contributed by atoms with Gasteiger partial charge >= 0.3 is 0 Å². The number of nitrogens with zero attached hydrogens (tertiary/aromatic N) is 1. The van der Waals surface area contributed by atoms with E-state index in [1.165, 1.54) is 6.20 Å². The van der Waals surface area contributed by atoms with Gasteiger partial charge in [0.05, 0.1) is 6.20 Å². The molecular formula is C18H17N3O2. The molecule has 1 amide bonds. The highest BCUT2D eigenvalue weighted by molar-refractivity contribution is 5.99. The first-order valence-electron chi connectivity index (χ1n) is 7.33. The van der Waals surface area contributed by atoms with Crippen LogP contribution in [0.1, 0.15) is 15.9 Å². The molecule has 5 nitrogen and oxygen atoms in total. The molecule has 116 valence electrons. The molecule has 3 aromatic rings. The Morgan fingerprint density at radius 2 is 1.83 bits per heavy atom. The molecule has 3 rings (SSSR count). The Morgan fingerprint density at radius 3 is 2.52 bits per heavy atom. The number of hydrogen-bond acceptors (Lipinski definition) is 4. The Hall–Kier alpha value is -3.08. The van der Waals surface area contributed by atoms with E-state index in [4.69, 9.17) is 4.52 Å². The van der Waals surface area contributed by atoms with Crippen molar-refractivity contribution in [2.45, 2.75) is 6.54 Å². The Bertz CT molecular complexity index is 780. The maximum absolute atomic E-state index is 12.4. The minimum atomic E-state index is -0.206. The maximum atomic E-state index is 12.4. The molecule has 23 heavy (non-hydrogen) atoms. The number of benzene rings is 2. The maximum Gasteiger partial charge on any atom is 0.257 e. The van der Waals surface area contributed by atoms with Gasteiger partial charge in [-0.15, -0.1) is 0 Å². The zero-order chi connectivity index (χ0) is 16.1. The summed E-state index contributed by atoms with van der Waals surface area (Å²) >= 11 is 0. The third-order valence-electron chi connectivity index (χ3n) is 3.55. The summed E-state index contributed by atoms with van der Waals surface area (Å²) in [4.78, 5) is 12.4. The molecule has 0 atom stereocenters. The zero-order valence-corrected chi connectivity index (χ0v) is 12.7. The number of carbonyl (C=O) groups is 1. The predicted molar refractivity (Wildman–Crippen MR) is 89.1 cm³/mol. The normalized spacial score (nSPS) is 10.3. The lowest BCUT2D eigenvalue weighted by Crippen LogP contribution is -2.22. The molecule has 0 radical (unpaired) electrons. The summed E-state index contributed by atoms with van der Waals surface area (Å²) in [5.74, 6) is 0.274. The molecule has 0 unspecified atom stereocenters. The topological polar surface area (TPSA) is 67.2 Å². The Kier molecular flexibility index (Phi) is 4.38. The Balaban J connectivity index is 1.70. The zero-order valence-electron chi connectivity index (χ0n) is 12.7. The predicted octanol–water partition coefficient (Wildman–Crippen LogP) is 3.31. The molecule has 0 saturated heterocycles. The van der Waals surface area contributed by atoms with Crippen LogP contribution in [-0.2, 0) is 6.54 Å². The van der Waals surface area contributed by atoms with Crippen molar-refractivity contribution in [3.63, 3.8) is 0 Å². The number of hydrogen-bond donors (Lipinski definition) is 2. The van der Waals surface area contributed by atoms with Gasteiger partial charge in [0.25, 0.3) is 5.91 Å². The molecule has 0 fully saturated rings. The average molecular weight is 307 g/mol. The van der Waals surface area contributed by atoms with Crippen molar-refractivity contribution in [1.82, 2.24) is 10.5 Å². The van der Waals surface area contributed by atoms with Crippen LogP contribution in [0, 0.1) is 0 Å². The smallest absolute Gasteiger partial charge is 0.257 e. The molecule has 2 N–H and O–H groups in total. The van der Waals surface area contributed by atoms with Crippen LogP contribution in [-0.4, -0.2) is 18.1 Å². The summed E-state index contributed by atoms with van der Waals surface area (Å²) in [6.07, 6.45) is 1.45. The van der Waals surface area contributed by atoms with E-state index in [-0.39, 0.29) is 5.91 Å². The summed E-state index contributed by atoms with van der Waals surface area (Å²) in [6, 6.07) is 17.3. The van der Waals surface area contributed by atoms with Gasteiger partial charge < -0.3 is 15.2 Å². The molecule has 0 bridgehead atoms. The van der Waals surface area contributed by atoms with E-state index in [9.17, 15) is 4.79 Å². The first-order valence-corrected chi connectivity index (χ1v) is 7.33. The van der Waals surface area contributed by atoms with E-state index in [1.807, 2.05) is 61.6 Å². The lowest BCUT2D eigenvalue weighted by atomic mass is 10.1. The SMILES string of the molecule is CNc1ccc(CNC(=O)c2cnoc2-c2ccccc2)cc1. The second kappa shape index (κ2) is 6.79. The second-order valence-electron chi connectivity index (χ2n) is 5.06. The van der Waals surface area contributed by atoms with Gasteiger partial charge in [0, 0.05) is 24.8 Å². The van der Waals surface area contributed by atoms with Crippen molar-refractivity contribution in [2.75, 3.05) is 12.4 Å². The van der Waals surface area contributed by atoms with Crippen molar-refractivity contribution >= 4 is 11.6 Å². The summed E-state index contributed by atoms with van der Waals surface area (Å²) in [6.45, 7) is 0.447. The number of aromatic nitrogens is 1. The van der Waals surface area contributed by atoms with Crippen LogP contribution in [0.25, 0.3) is 11.3 Å². The van der Waals surface area contributed by atoms with E-state index >= 15 is 0 Å². The number of anilines is 1. The van der Waals surface area contributed by atoms with Crippen LogP contribution in [0.5, 0.6) is 0 Å². The minimum Gasteiger partial charge on any atom is -0.388 e. The number of carbonyl (C=O) groups excluding carboxylic acids is 1. The van der Waals surface area contributed by atoms with Gasteiger partial charge in [-0.3, -0.25) is 4.79 Å². The van der Waals surface area contributed by atoms with Crippen molar-refractivity contribution in [3.05, 3.63) is 71.9 Å². The van der Waals surface area contributed by atoms with Crippen molar-refractivity contribution in [1.29, 1.82) is 0 Å². The minimum absolute atomic E-state index is 0.206. The van der Waals surface area contributed by atoms with Crippen LogP contribution in [0.15, 0.2) is 65.3 Å². The molecule has 0 aliphatic rings. The molecule has 0 spiro atoms. The molecule has 1 heterocycles. The largest absolute Gasteiger partial charge is 0.388 e. The Morgan fingerprint density at radius 1 is 1.09 bits per heavy atom. The number of rotatable bonds is 5. The van der Waals surface area contributed by atoms with E-state index in [0.29, 0.717) is 17.9 Å². The van der Waals surface area contributed by atoms with Crippen LogP contribution >= 0.6 is 0 Å². The second-order valence-corrected chi connectivity index (χ2v) is 5.06. The summed E-state index contributed by atoms with van der Waals surface area (Å²) in [5, 5.41) is 9.70. The highest BCUT2D eigenvalue weighted by atomic mass is 16.5. The third-order valence-corrected chi connectivity index (χ3v) is 3.55. The van der Waals surface area contributed by atoms with E-state index in [1.54, 1.807) is 0 Å².